The molecular formula is C33H57ClO2Si. The van der Waals surface area contributed by atoms with Gasteiger partial charge in [-0.2, -0.15) is 0 Å². The van der Waals surface area contributed by atoms with E-state index in [1.165, 1.54) is 83.5 Å². The van der Waals surface area contributed by atoms with Crippen molar-refractivity contribution in [2.75, 3.05) is 5.88 Å². The number of ketones is 1. The summed E-state index contributed by atoms with van der Waals surface area (Å²) in [7, 11) is -1.79. The Labute approximate surface area is 235 Å². The van der Waals surface area contributed by atoms with Gasteiger partial charge in [0.15, 0.2) is 14.1 Å². The van der Waals surface area contributed by atoms with Crippen LogP contribution in [-0.4, -0.2) is 26.1 Å². The Morgan fingerprint density at radius 3 is 2.35 bits per heavy atom. The van der Waals surface area contributed by atoms with Gasteiger partial charge in [-0.1, -0.05) is 71.8 Å². The van der Waals surface area contributed by atoms with Crippen molar-refractivity contribution < 1.29 is 9.22 Å². The van der Waals surface area contributed by atoms with Gasteiger partial charge < -0.3 is 4.43 Å². The number of halogens is 1. The maximum Gasteiger partial charge on any atom is 0.192 e. The van der Waals surface area contributed by atoms with Crippen LogP contribution in [0.5, 0.6) is 0 Å². The highest BCUT2D eigenvalue weighted by Crippen LogP contribution is 2.64. The molecule has 0 aliphatic heterocycles. The van der Waals surface area contributed by atoms with Crippen LogP contribution in [0.3, 0.4) is 0 Å². The van der Waals surface area contributed by atoms with Crippen LogP contribution in [0, 0.1) is 35.0 Å². The number of unbranched alkanes of at least 4 members (excludes halogenated alkanes) is 6. The van der Waals surface area contributed by atoms with Gasteiger partial charge in [0.05, 0.1) is 6.10 Å². The quantitative estimate of drug-likeness (QED) is 0.146. The monoisotopic (exact) mass is 548 g/mol. The maximum absolute atomic E-state index is 12.4. The van der Waals surface area contributed by atoms with E-state index in [0.29, 0.717) is 23.2 Å². The number of carbonyl (C=O) groups excluding carboxylic acids is 1. The molecule has 0 amide bonds. The van der Waals surface area contributed by atoms with Gasteiger partial charge in [-0.3, -0.25) is 4.79 Å². The third kappa shape index (κ3) is 6.45. The minimum Gasteiger partial charge on any atom is -0.413 e. The van der Waals surface area contributed by atoms with Gasteiger partial charge in [0.2, 0.25) is 0 Å². The first-order valence-electron chi connectivity index (χ1n) is 15.9. The molecular weight excluding hydrogens is 492 g/mol. The highest BCUT2D eigenvalue weighted by molar-refractivity contribution is 6.74. The third-order valence-electron chi connectivity index (χ3n) is 11.8. The Morgan fingerprint density at radius 1 is 1.00 bits per heavy atom. The summed E-state index contributed by atoms with van der Waals surface area (Å²) in [5, 5.41) is 0.268. The SMILES string of the molecule is CC(C)(C)[Si](C)(C)O[C@H]1CC[C@H]2[C@@H]3[C@H](CCCCCCCCCCl)CC4=CC(=O)CC[C@@H]4[C@H]3CC[C@]12C. The first-order valence-corrected chi connectivity index (χ1v) is 19.4. The summed E-state index contributed by atoms with van der Waals surface area (Å²) in [6.45, 7) is 14.7. The van der Waals surface area contributed by atoms with E-state index in [-0.39, 0.29) is 5.04 Å². The van der Waals surface area contributed by atoms with Crippen molar-refractivity contribution in [3.63, 3.8) is 0 Å². The number of hydrogen-bond acceptors (Lipinski definition) is 2. The minimum atomic E-state index is -1.79. The second-order valence-electron chi connectivity index (χ2n) is 15.1. The van der Waals surface area contributed by atoms with Gasteiger partial charge in [0.1, 0.15) is 0 Å². The molecule has 3 fully saturated rings. The summed E-state index contributed by atoms with van der Waals surface area (Å²) < 4.78 is 7.20. The molecule has 0 aromatic rings. The lowest BCUT2D eigenvalue weighted by atomic mass is 9.49. The van der Waals surface area contributed by atoms with Crippen LogP contribution in [0.25, 0.3) is 0 Å². The summed E-state index contributed by atoms with van der Waals surface area (Å²) >= 11 is 5.84. The molecule has 0 spiro atoms. The van der Waals surface area contributed by atoms with Crippen molar-refractivity contribution >= 4 is 25.7 Å². The molecule has 4 aliphatic carbocycles. The Balaban J connectivity index is 1.47. The molecule has 7 atom stereocenters. The lowest BCUT2D eigenvalue weighted by Gasteiger charge is -2.57. The second-order valence-corrected chi connectivity index (χ2v) is 20.2. The van der Waals surface area contributed by atoms with Crippen LogP contribution in [0.4, 0.5) is 0 Å². The molecule has 0 unspecified atom stereocenters. The molecule has 0 heterocycles. The molecule has 212 valence electrons. The molecule has 3 saturated carbocycles. The molecule has 4 rings (SSSR count). The molecule has 0 aromatic carbocycles. The first kappa shape index (κ1) is 29.8. The lowest BCUT2D eigenvalue weighted by molar-refractivity contribution is -0.116. The van der Waals surface area contributed by atoms with Crippen LogP contribution >= 0.6 is 11.6 Å². The Hall–Kier alpha value is -0.123. The largest absolute Gasteiger partial charge is 0.413 e. The summed E-state index contributed by atoms with van der Waals surface area (Å²) in [4.78, 5) is 12.4. The van der Waals surface area contributed by atoms with Crippen LogP contribution < -0.4 is 0 Å². The van der Waals surface area contributed by atoms with Gasteiger partial charge in [-0.15, -0.1) is 11.6 Å². The average Bonchev–Trinajstić information content (AvgIpc) is 3.15. The van der Waals surface area contributed by atoms with Crippen molar-refractivity contribution in [1.29, 1.82) is 0 Å². The fourth-order valence-corrected chi connectivity index (χ4v) is 10.4. The topological polar surface area (TPSA) is 26.3 Å². The predicted molar refractivity (Wildman–Crippen MR) is 161 cm³/mol. The molecule has 0 radical (unpaired) electrons. The highest BCUT2D eigenvalue weighted by Gasteiger charge is 2.59. The fraction of sp³-hybridized carbons (Fsp3) is 0.909. The zero-order valence-corrected chi connectivity index (χ0v) is 26.8. The Kier molecular flexibility index (Phi) is 9.82. The Bertz CT molecular complexity index is 814. The molecule has 0 N–H and O–H groups in total. The molecule has 4 aliphatic rings. The number of carbonyl (C=O) groups is 1. The summed E-state index contributed by atoms with van der Waals surface area (Å²) in [5.74, 6) is 5.11. The van der Waals surface area contributed by atoms with E-state index < -0.39 is 8.32 Å². The molecule has 0 aromatic heterocycles. The van der Waals surface area contributed by atoms with Crippen LogP contribution in [0.15, 0.2) is 11.6 Å². The van der Waals surface area contributed by atoms with E-state index in [4.69, 9.17) is 16.0 Å². The van der Waals surface area contributed by atoms with Gasteiger partial charge >= 0.3 is 0 Å². The Morgan fingerprint density at radius 2 is 1.68 bits per heavy atom. The van der Waals surface area contributed by atoms with Crippen LogP contribution in [0.2, 0.25) is 18.1 Å². The van der Waals surface area contributed by atoms with Crippen molar-refractivity contribution in [3.05, 3.63) is 11.6 Å². The summed E-state index contributed by atoms with van der Waals surface area (Å²) in [6, 6.07) is 0. The average molecular weight is 549 g/mol. The maximum atomic E-state index is 12.4. The fourth-order valence-electron chi connectivity index (χ4n) is 8.74. The number of rotatable bonds is 11. The van der Waals surface area contributed by atoms with Gasteiger partial charge in [-0.05, 0) is 111 Å². The van der Waals surface area contributed by atoms with E-state index in [1.54, 1.807) is 5.57 Å². The van der Waals surface area contributed by atoms with E-state index in [9.17, 15) is 4.79 Å². The van der Waals surface area contributed by atoms with E-state index >= 15 is 0 Å². The van der Waals surface area contributed by atoms with E-state index in [2.05, 4.69) is 46.9 Å². The van der Waals surface area contributed by atoms with Crippen molar-refractivity contribution in [3.8, 4) is 0 Å². The molecule has 4 heteroatoms. The normalized spacial score (nSPS) is 36.1. The van der Waals surface area contributed by atoms with Crippen LogP contribution in [-0.2, 0) is 9.22 Å². The van der Waals surface area contributed by atoms with Gasteiger partial charge in [0.25, 0.3) is 0 Å². The van der Waals surface area contributed by atoms with Crippen LogP contribution in [0.1, 0.15) is 124 Å². The van der Waals surface area contributed by atoms with Gasteiger partial charge in [0, 0.05) is 12.3 Å². The summed E-state index contributed by atoms with van der Waals surface area (Å²) in [5.41, 5.74) is 1.88. The van der Waals surface area contributed by atoms with E-state index in [1.807, 2.05) is 0 Å². The number of allylic oxidation sites excluding steroid dienone is 1. The molecule has 2 nitrogen and oxygen atoms in total. The summed E-state index contributed by atoms with van der Waals surface area (Å²) in [6.07, 6.45) is 21.6. The smallest absolute Gasteiger partial charge is 0.192 e. The first-order chi connectivity index (χ1) is 17.5. The molecule has 37 heavy (non-hydrogen) atoms. The third-order valence-corrected chi connectivity index (χ3v) is 16.6. The van der Waals surface area contributed by atoms with Gasteiger partial charge in [-0.25, -0.2) is 0 Å². The molecule has 0 saturated heterocycles. The van der Waals surface area contributed by atoms with Crippen molar-refractivity contribution in [2.45, 2.75) is 148 Å². The van der Waals surface area contributed by atoms with Crippen molar-refractivity contribution in [2.24, 2.45) is 35.0 Å². The molecule has 0 bridgehead atoms. The number of hydrogen-bond donors (Lipinski definition) is 0. The van der Waals surface area contributed by atoms with E-state index in [0.717, 1.165) is 42.4 Å². The standard InChI is InChI=1S/C33H57ClO2Si/c1-32(2,3)37(5,6)36-30-18-17-29-31-24(14-12-10-8-7-9-11-13-21-34)22-25-23-26(35)15-16-27(25)28(31)19-20-33(29,30)4/h23-24,27-31H,7-22H2,1-6H3/t24-,27+,28-,29+,30+,31-,33+/m1/s1. The second kappa shape index (κ2) is 12.2. The number of alkyl halides is 1. The minimum absolute atomic E-state index is 0.268. The zero-order chi connectivity index (χ0) is 26.8. The van der Waals surface area contributed by atoms with Crippen molar-refractivity contribution in [1.82, 2.24) is 0 Å². The zero-order valence-electron chi connectivity index (χ0n) is 25.0. The number of fused-ring (bicyclic) bond motifs is 5. The lowest BCUT2D eigenvalue weighted by Crippen LogP contribution is -2.53. The highest BCUT2D eigenvalue weighted by atomic mass is 35.5. The predicted octanol–water partition coefficient (Wildman–Crippen LogP) is 10.1.